The van der Waals surface area contributed by atoms with Gasteiger partial charge in [-0.2, -0.15) is 11.8 Å². The lowest BCUT2D eigenvalue weighted by atomic mass is 10.6. The Kier molecular flexibility index (Phi) is 19.8. The normalized spacial score (nSPS) is 10.9. The Morgan fingerprint density at radius 3 is 2.61 bits per heavy atom. The van der Waals surface area contributed by atoms with Gasteiger partial charge >= 0.3 is 0 Å². The summed E-state index contributed by atoms with van der Waals surface area (Å²) in [5.41, 5.74) is 0. The number of aliphatic imine (C=N–C) groups is 1. The molecule has 18 heavy (non-hydrogen) atoms. The first kappa shape index (κ1) is 20.6. The fourth-order valence-corrected chi connectivity index (χ4v) is 1.39. The Labute approximate surface area is 132 Å². The van der Waals surface area contributed by atoms with Gasteiger partial charge in [-0.3, -0.25) is 4.99 Å². The van der Waals surface area contributed by atoms with E-state index in [2.05, 4.69) is 28.8 Å². The van der Waals surface area contributed by atoms with E-state index >= 15 is 0 Å². The molecule has 0 aliphatic rings. The highest BCUT2D eigenvalue weighted by atomic mass is 127. The van der Waals surface area contributed by atoms with Gasteiger partial charge in [0.1, 0.15) is 0 Å². The molecule has 7 heteroatoms. The summed E-state index contributed by atoms with van der Waals surface area (Å²) in [7, 11) is 1.67. The summed E-state index contributed by atoms with van der Waals surface area (Å²) < 4.78 is 10.2. The highest BCUT2D eigenvalue weighted by Crippen LogP contribution is 1.87. The summed E-state index contributed by atoms with van der Waals surface area (Å²) in [6.45, 7) is 6.41. The van der Waals surface area contributed by atoms with Crippen LogP contribution >= 0.6 is 35.7 Å². The number of halogens is 1. The molecule has 0 aliphatic heterocycles. The van der Waals surface area contributed by atoms with Gasteiger partial charge in [-0.25, -0.2) is 0 Å². The maximum Gasteiger partial charge on any atom is 0.191 e. The zero-order valence-electron chi connectivity index (χ0n) is 11.5. The number of nitrogens with one attached hydrogen (secondary N) is 2. The van der Waals surface area contributed by atoms with Gasteiger partial charge in [0.25, 0.3) is 0 Å². The van der Waals surface area contributed by atoms with Crippen LogP contribution in [0.4, 0.5) is 0 Å². The molecule has 0 aromatic heterocycles. The van der Waals surface area contributed by atoms with Crippen molar-refractivity contribution < 1.29 is 9.47 Å². The molecule has 0 bridgehead atoms. The van der Waals surface area contributed by atoms with Gasteiger partial charge in [-0.15, -0.1) is 24.0 Å². The van der Waals surface area contributed by atoms with Crippen LogP contribution in [0.1, 0.15) is 6.92 Å². The maximum atomic E-state index is 5.34. The van der Waals surface area contributed by atoms with Crippen molar-refractivity contribution >= 4 is 41.7 Å². The molecule has 2 N–H and O–H groups in total. The SMILES string of the molecule is CCNC(=NCCOCCOC)NCCSC.I. The summed E-state index contributed by atoms with van der Waals surface area (Å²) in [6, 6.07) is 0. The average Bonchev–Trinajstić information content (AvgIpc) is 2.34. The number of methoxy groups -OCH3 is 1. The van der Waals surface area contributed by atoms with E-state index in [0.717, 1.165) is 24.8 Å². The molecular weight excluding hydrogens is 365 g/mol. The number of thioether (sulfide) groups is 1. The Bertz CT molecular complexity index is 197. The molecule has 110 valence electrons. The van der Waals surface area contributed by atoms with Crippen LogP contribution in [-0.2, 0) is 9.47 Å². The third kappa shape index (κ3) is 14.3. The van der Waals surface area contributed by atoms with E-state index in [-0.39, 0.29) is 24.0 Å². The van der Waals surface area contributed by atoms with Crippen molar-refractivity contribution in [3.8, 4) is 0 Å². The molecule has 0 saturated carbocycles. The summed E-state index contributed by atoms with van der Waals surface area (Å²) in [6.07, 6.45) is 2.09. The van der Waals surface area contributed by atoms with Crippen LogP contribution in [0.5, 0.6) is 0 Å². The number of rotatable bonds is 10. The molecule has 0 heterocycles. The zero-order valence-corrected chi connectivity index (χ0v) is 14.7. The molecule has 0 aromatic carbocycles. The lowest BCUT2D eigenvalue weighted by Gasteiger charge is -2.10. The second-order valence-corrected chi connectivity index (χ2v) is 4.27. The maximum absolute atomic E-state index is 5.34. The third-order valence-corrected chi connectivity index (χ3v) is 2.49. The number of guanidine groups is 1. The first-order valence-electron chi connectivity index (χ1n) is 5.93. The van der Waals surface area contributed by atoms with Crippen molar-refractivity contribution in [2.24, 2.45) is 4.99 Å². The van der Waals surface area contributed by atoms with Crippen LogP contribution in [0, 0.1) is 0 Å². The molecule has 0 rings (SSSR count). The van der Waals surface area contributed by atoms with Crippen molar-refractivity contribution in [2.45, 2.75) is 6.92 Å². The third-order valence-electron chi connectivity index (χ3n) is 1.88. The van der Waals surface area contributed by atoms with E-state index in [1.54, 1.807) is 7.11 Å². The predicted octanol–water partition coefficient (Wildman–Crippen LogP) is 1.19. The molecule has 0 spiro atoms. The fraction of sp³-hybridized carbons (Fsp3) is 0.909. The Morgan fingerprint density at radius 1 is 1.22 bits per heavy atom. The van der Waals surface area contributed by atoms with Crippen LogP contribution in [-0.4, -0.2) is 64.5 Å². The molecule has 0 unspecified atom stereocenters. The van der Waals surface area contributed by atoms with E-state index in [1.807, 2.05) is 11.8 Å². The monoisotopic (exact) mass is 391 g/mol. The largest absolute Gasteiger partial charge is 0.382 e. The topological polar surface area (TPSA) is 54.9 Å². The number of hydrogen-bond donors (Lipinski definition) is 2. The standard InChI is InChI=1S/C11H25N3O2S.HI/c1-4-12-11(14-6-10-17-3)13-5-7-16-9-8-15-2;/h4-10H2,1-3H3,(H2,12,13,14);1H. The Balaban J connectivity index is 0. The van der Waals surface area contributed by atoms with Crippen LogP contribution in [0.15, 0.2) is 4.99 Å². The highest BCUT2D eigenvalue weighted by Gasteiger charge is 1.95. The quantitative estimate of drug-likeness (QED) is 0.254. The van der Waals surface area contributed by atoms with E-state index in [1.165, 1.54) is 0 Å². The summed E-state index contributed by atoms with van der Waals surface area (Å²) in [5.74, 6) is 1.94. The van der Waals surface area contributed by atoms with Gasteiger partial charge in [0.05, 0.1) is 26.4 Å². The van der Waals surface area contributed by atoms with Crippen molar-refractivity contribution in [3.63, 3.8) is 0 Å². The van der Waals surface area contributed by atoms with Crippen molar-refractivity contribution in [1.82, 2.24) is 10.6 Å². The highest BCUT2D eigenvalue weighted by molar-refractivity contribution is 14.0. The Hall–Kier alpha value is 0.270. The van der Waals surface area contributed by atoms with Crippen LogP contribution < -0.4 is 10.6 Å². The minimum absolute atomic E-state index is 0. The lowest BCUT2D eigenvalue weighted by molar-refractivity contribution is 0.0748. The number of hydrogen-bond acceptors (Lipinski definition) is 4. The van der Waals surface area contributed by atoms with Crippen LogP contribution in [0.25, 0.3) is 0 Å². The molecular formula is C11H26IN3O2S. The average molecular weight is 391 g/mol. The summed E-state index contributed by atoms with van der Waals surface area (Å²) >= 11 is 1.82. The number of nitrogens with zero attached hydrogens (tertiary/aromatic N) is 1. The van der Waals surface area contributed by atoms with Crippen LogP contribution in [0.3, 0.4) is 0 Å². The van der Waals surface area contributed by atoms with Gasteiger partial charge in [-0.05, 0) is 13.2 Å². The second-order valence-electron chi connectivity index (χ2n) is 3.29. The molecule has 0 atom stereocenters. The van der Waals surface area contributed by atoms with Crippen molar-refractivity contribution in [1.29, 1.82) is 0 Å². The summed E-state index contributed by atoms with van der Waals surface area (Å²) in [5, 5.41) is 6.45. The summed E-state index contributed by atoms with van der Waals surface area (Å²) in [4.78, 5) is 4.40. The lowest BCUT2D eigenvalue weighted by Crippen LogP contribution is -2.38. The van der Waals surface area contributed by atoms with E-state index < -0.39 is 0 Å². The Morgan fingerprint density at radius 2 is 2.00 bits per heavy atom. The molecule has 0 aliphatic carbocycles. The van der Waals surface area contributed by atoms with Gasteiger partial charge in [0.15, 0.2) is 5.96 Å². The smallest absolute Gasteiger partial charge is 0.191 e. The molecule has 0 aromatic rings. The van der Waals surface area contributed by atoms with Crippen molar-refractivity contribution in [3.05, 3.63) is 0 Å². The number of ether oxygens (including phenoxy) is 2. The fourth-order valence-electron chi connectivity index (χ4n) is 1.08. The van der Waals surface area contributed by atoms with Gasteiger partial charge in [-0.1, -0.05) is 0 Å². The van der Waals surface area contributed by atoms with Gasteiger partial charge < -0.3 is 20.1 Å². The molecule has 0 amide bonds. The zero-order chi connectivity index (χ0) is 12.8. The molecule has 5 nitrogen and oxygen atoms in total. The van der Waals surface area contributed by atoms with Gasteiger partial charge in [0, 0.05) is 26.0 Å². The molecule has 0 radical (unpaired) electrons. The minimum Gasteiger partial charge on any atom is -0.382 e. The van der Waals surface area contributed by atoms with Gasteiger partial charge in [0.2, 0.25) is 0 Å². The molecule has 0 saturated heterocycles. The minimum atomic E-state index is 0. The molecule has 0 fully saturated rings. The van der Waals surface area contributed by atoms with E-state index in [0.29, 0.717) is 26.4 Å². The second kappa shape index (κ2) is 17.3. The van der Waals surface area contributed by atoms with E-state index in [9.17, 15) is 0 Å². The van der Waals surface area contributed by atoms with Crippen LogP contribution in [0.2, 0.25) is 0 Å². The van der Waals surface area contributed by atoms with Crippen molar-refractivity contribution in [2.75, 3.05) is 58.6 Å². The predicted molar refractivity (Wildman–Crippen MR) is 90.5 cm³/mol. The first-order chi connectivity index (χ1) is 8.35. The van der Waals surface area contributed by atoms with E-state index in [4.69, 9.17) is 9.47 Å². The first-order valence-corrected chi connectivity index (χ1v) is 7.32.